The third-order valence-corrected chi connectivity index (χ3v) is 5.65. The summed E-state index contributed by atoms with van der Waals surface area (Å²) in [7, 11) is 0. The third kappa shape index (κ3) is 4.74. The highest BCUT2D eigenvalue weighted by molar-refractivity contribution is 9.10. The van der Waals surface area contributed by atoms with Crippen LogP contribution in [0.1, 0.15) is 52.6 Å². The molecule has 0 aromatic heterocycles. The second kappa shape index (κ2) is 7.92. The molecule has 0 radical (unpaired) electrons. The van der Waals surface area contributed by atoms with Gasteiger partial charge in [-0.05, 0) is 70.0 Å². The summed E-state index contributed by atoms with van der Waals surface area (Å²) in [5.41, 5.74) is 5.23. The van der Waals surface area contributed by atoms with E-state index in [1.807, 2.05) is 46.8 Å². The highest BCUT2D eigenvalue weighted by Crippen LogP contribution is 2.22. The number of nitrogens with one attached hydrogen (secondary N) is 1. The van der Waals surface area contributed by atoms with E-state index in [1.54, 1.807) is 24.3 Å². The zero-order chi connectivity index (χ0) is 19.6. The summed E-state index contributed by atoms with van der Waals surface area (Å²) in [6, 6.07) is 10.7. The number of hydrazine groups is 1. The molecule has 0 saturated heterocycles. The predicted octanol–water partition coefficient (Wildman–Crippen LogP) is 5.41. The van der Waals surface area contributed by atoms with Gasteiger partial charge in [0.15, 0.2) is 0 Å². The molecule has 4 nitrogen and oxygen atoms in total. The zero-order valence-corrected chi connectivity index (χ0v) is 18.7. The van der Waals surface area contributed by atoms with E-state index in [1.165, 1.54) is 5.01 Å². The lowest BCUT2D eigenvalue weighted by atomic mass is 10.1. The number of carbonyl (C=O) groups excluding carboxylic acids is 2. The standard InChI is InChI=1S/C20H22Br2N2O2/c1-12-6-8-14(10-16(12)21)18(25)23-24(20(3,4)5)19(26)15-9-7-13(2)17(22)11-15/h6-11H,1-5H3,(H,23,25). The zero-order valence-electron chi connectivity index (χ0n) is 15.5. The van der Waals surface area contributed by atoms with Gasteiger partial charge in [0.05, 0.1) is 5.54 Å². The number of rotatable bonds is 2. The van der Waals surface area contributed by atoms with Crippen LogP contribution in [-0.4, -0.2) is 22.4 Å². The maximum Gasteiger partial charge on any atom is 0.272 e. The van der Waals surface area contributed by atoms with Crippen LogP contribution in [0.15, 0.2) is 45.3 Å². The maximum atomic E-state index is 13.0. The SMILES string of the molecule is Cc1ccc(C(=O)NN(C(=O)c2ccc(C)c(Br)c2)C(C)(C)C)cc1Br. The minimum Gasteiger partial charge on any atom is -0.267 e. The summed E-state index contributed by atoms with van der Waals surface area (Å²) in [4.78, 5) is 25.7. The molecule has 0 spiro atoms. The number of amides is 2. The number of hydrogen-bond donors (Lipinski definition) is 1. The molecule has 26 heavy (non-hydrogen) atoms. The molecule has 2 aromatic carbocycles. The minimum absolute atomic E-state index is 0.266. The molecule has 0 unspecified atom stereocenters. The van der Waals surface area contributed by atoms with Gasteiger partial charge in [0.25, 0.3) is 11.8 Å². The highest BCUT2D eigenvalue weighted by Gasteiger charge is 2.30. The van der Waals surface area contributed by atoms with Crippen LogP contribution in [0.25, 0.3) is 0 Å². The summed E-state index contributed by atoms with van der Waals surface area (Å²) in [5.74, 6) is -0.599. The van der Waals surface area contributed by atoms with E-state index < -0.39 is 5.54 Å². The first-order chi connectivity index (χ1) is 12.0. The Bertz CT molecular complexity index is 857. The van der Waals surface area contributed by atoms with Crippen molar-refractivity contribution in [3.8, 4) is 0 Å². The molecule has 2 aromatic rings. The summed E-state index contributed by atoms with van der Waals surface area (Å²) in [6.07, 6.45) is 0. The van der Waals surface area contributed by atoms with Gasteiger partial charge in [-0.3, -0.25) is 15.0 Å². The van der Waals surface area contributed by atoms with E-state index in [0.29, 0.717) is 11.1 Å². The summed E-state index contributed by atoms with van der Waals surface area (Å²) >= 11 is 6.89. The predicted molar refractivity (Wildman–Crippen MR) is 111 cm³/mol. The van der Waals surface area contributed by atoms with Crippen LogP contribution in [0.4, 0.5) is 0 Å². The van der Waals surface area contributed by atoms with Crippen molar-refractivity contribution >= 4 is 43.7 Å². The van der Waals surface area contributed by atoms with Gasteiger partial charge in [0, 0.05) is 20.1 Å². The monoisotopic (exact) mass is 480 g/mol. The number of benzene rings is 2. The van der Waals surface area contributed by atoms with Crippen LogP contribution in [0.3, 0.4) is 0 Å². The Morgan fingerprint density at radius 1 is 0.885 bits per heavy atom. The summed E-state index contributed by atoms with van der Waals surface area (Å²) in [6.45, 7) is 9.53. The molecule has 0 heterocycles. The number of carbonyl (C=O) groups is 2. The second-order valence-corrected chi connectivity index (χ2v) is 8.89. The number of halogens is 2. The fraction of sp³-hybridized carbons (Fsp3) is 0.300. The Kier molecular flexibility index (Phi) is 6.29. The topological polar surface area (TPSA) is 49.4 Å². The lowest BCUT2D eigenvalue weighted by Gasteiger charge is -2.35. The van der Waals surface area contributed by atoms with Gasteiger partial charge in [0.2, 0.25) is 0 Å². The normalized spacial score (nSPS) is 11.2. The molecular weight excluding hydrogens is 460 g/mol. The van der Waals surface area contributed by atoms with Crippen molar-refractivity contribution in [2.24, 2.45) is 0 Å². The Balaban J connectivity index is 2.32. The number of hydrogen-bond acceptors (Lipinski definition) is 2. The van der Waals surface area contributed by atoms with Crippen LogP contribution >= 0.6 is 31.9 Å². The fourth-order valence-electron chi connectivity index (χ4n) is 2.28. The van der Waals surface area contributed by atoms with Gasteiger partial charge >= 0.3 is 0 Å². The molecule has 1 N–H and O–H groups in total. The van der Waals surface area contributed by atoms with Crippen molar-refractivity contribution in [1.82, 2.24) is 10.4 Å². The lowest BCUT2D eigenvalue weighted by molar-refractivity contribution is 0.0358. The Labute approximate surface area is 171 Å². The largest absolute Gasteiger partial charge is 0.272 e. The molecule has 0 fully saturated rings. The highest BCUT2D eigenvalue weighted by atomic mass is 79.9. The molecule has 0 atom stereocenters. The maximum absolute atomic E-state index is 13.0. The van der Waals surface area contributed by atoms with Gasteiger partial charge in [0.1, 0.15) is 0 Å². The number of aryl methyl sites for hydroxylation is 2. The smallest absolute Gasteiger partial charge is 0.267 e. The van der Waals surface area contributed by atoms with E-state index >= 15 is 0 Å². The van der Waals surface area contributed by atoms with Crippen molar-refractivity contribution in [3.05, 3.63) is 67.6 Å². The van der Waals surface area contributed by atoms with E-state index in [0.717, 1.165) is 20.1 Å². The van der Waals surface area contributed by atoms with Crippen molar-refractivity contribution in [3.63, 3.8) is 0 Å². The number of nitrogens with zero attached hydrogens (tertiary/aromatic N) is 1. The molecular formula is C20H22Br2N2O2. The van der Waals surface area contributed by atoms with Crippen molar-refractivity contribution in [2.45, 2.75) is 40.2 Å². The first kappa shape index (κ1) is 20.6. The van der Waals surface area contributed by atoms with Crippen LogP contribution in [0.2, 0.25) is 0 Å². The molecule has 0 aliphatic heterocycles. The van der Waals surface area contributed by atoms with Gasteiger partial charge in [-0.25, -0.2) is 5.01 Å². The molecule has 2 rings (SSSR count). The Morgan fingerprint density at radius 3 is 1.81 bits per heavy atom. The van der Waals surface area contributed by atoms with Crippen molar-refractivity contribution in [1.29, 1.82) is 0 Å². The molecule has 0 aliphatic rings. The summed E-state index contributed by atoms with van der Waals surface area (Å²) < 4.78 is 1.70. The molecule has 0 saturated carbocycles. The van der Waals surface area contributed by atoms with Gasteiger partial charge in [-0.15, -0.1) is 0 Å². The Morgan fingerprint density at radius 2 is 1.35 bits per heavy atom. The van der Waals surface area contributed by atoms with Gasteiger partial charge in [-0.2, -0.15) is 0 Å². The van der Waals surface area contributed by atoms with Gasteiger partial charge < -0.3 is 0 Å². The third-order valence-electron chi connectivity index (χ3n) is 3.94. The van der Waals surface area contributed by atoms with Crippen LogP contribution in [0, 0.1) is 13.8 Å². The minimum atomic E-state index is -0.591. The first-order valence-electron chi connectivity index (χ1n) is 8.18. The van der Waals surface area contributed by atoms with Crippen LogP contribution in [0.5, 0.6) is 0 Å². The second-order valence-electron chi connectivity index (χ2n) is 7.18. The first-order valence-corrected chi connectivity index (χ1v) is 9.77. The molecule has 0 aliphatic carbocycles. The average molecular weight is 482 g/mol. The summed E-state index contributed by atoms with van der Waals surface area (Å²) in [5, 5.41) is 1.38. The van der Waals surface area contributed by atoms with Crippen LogP contribution in [-0.2, 0) is 0 Å². The molecule has 0 bridgehead atoms. The fourth-order valence-corrected chi connectivity index (χ4v) is 3.04. The van der Waals surface area contributed by atoms with E-state index in [4.69, 9.17) is 0 Å². The van der Waals surface area contributed by atoms with Gasteiger partial charge in [-0.1, -0.05) is 44.0 Å². The molecule has 6 heteroatoms. The van der Waals surface area contributed by atoms with E-state index in [9.17, 15) is 9.59 Å². The van der Waals surface area contributed by atoms with E-state index in [-0.39, 0.29) is 11.8 Å². The van der Waals surface area contributed by atoms with Crippen LogP contribution < -0.4 is 5.43 Å². The van der Waals surface area contributed by atoms with E-state index in [2.05, 4.69) is 37.3 Å². The lowest BCUT2D eigenvalue weighted by Crippen LogP contribution is -2.55. The average Bonchev–Trinajstić information content (AvgIpc) is 2.55. The quantitative estimate of drug-likeness (QED) is 0.582. The van der Waals surface area contributed by atoms with Crippen molar-refractivity contribution < 1.29 is 9.59 Å². The molecule has 2 amide bonds. The Hall–Kier alpha value is -1.66. The van der Waals surface area contributed by atoms with Crippen molar-refractivity contribution in [2.75, 3.05) is 0 Å². The molecule has 138 valence electrons.